The number of hydrogen-bond acceptors (Lipinski definition) is 5. The highest BCUT2D eigenvalue weighted by molar-refractivity contribution is 5.96. The lowest BCUT2D eigenvalue weighted by Crippen LogP contribution is -2.45. The molecule has 1 aromatic rings. The number of hydrogen-bond donors (Lipinski definition) is 3. The summed E-state index contributed by atoms with van der Waals surface area (Å²) in [7, 11) is 0. The first-order valence-electron chi connectivity index (χ1n) is 7.36. The number of Topliss-reactive ketones (excluding diaryl/α,β-unsaturated/α-hetero) is 1. The molecule has 0 heterocycles. The quantitative estimate of drug-likeness (QED) is 0.566. The van der Waals surface area contributed by atoms with Crippen molar-refractivity contribution >= 4 is 11.8 Å². The second-order valence-electron chi connectivity index (χ2n) is 5.06. The lowest BCUT2D eigenvalue weighted by molar-refractivity contribution is -0.142. The highest BCUT2D eigenvalue weighted by atomic mass is 16.5. The van der Waals surface area contributed by atoms with Gasteiger partial charge in [0.05, 0.1) is 12.7 Å². The fourth-order valence-corrected chi connectivity index (χ4v) is 1.91. The van der Waals surface area contributed by atoms with Crippen LogP contribution in [-0.2, 0) is 4.79 Å². The van der Waals surface area contributed by atoms with E-state index in [2.05, 4.69) is 5.32 Å². The van der Waals surface area contributed by atoms with Crippen molar-refractivity contribution in [2.75, 3.05) is 13.2 Å². The van der Waals surface area contributed by atoms with E-state index in [0.29, 0.717) is 12.2 Å². The molecule has 0 saturated heterocycles. The third kappa shape index (κ3) is 5.83. The topological polar surface area (TPSA) is 95.9 Å². The van der Waals surface area contributed by atoms with Crippen LogP contribution in [0.4, 0.5) is 0 Å². The number of benzene rings is 1. The van der Waals surface area contributed by atoms with Crippen LogP contribution in [0.25, 0.3) is 0 Å². The first-order valence-corrected chi connectivity index (χ1v) is 7.36. The molecular weight excluding hydrogens is 286 g/mol. The fraction of sp³-hybridized carbons (Fsp3) is 0.500. The summed E-state index contributed by atoms with van der Waals surface area (Å²) in [5, 5.41) is 20.9. The van der Waals surface area contributed by atoms with E-state index in [1.54, 1.807) is 24.3 Å². The molecule has 0 bridgehead atoms. The Morgan fingerprint density at radius 1 is 1.27 bits per heavy atom. The minimum absolute atomic E-state index is 0.0933. The van der Waals surface area contributed by atoms with E-state index in [1.165, 1.54) is 6.92 Å². The number of ketones is 1. The fourth-order valence-electron chi connectivity index (χ4n) is 1.91. The largest absolute Gasteiger partial charge is 0.494 e. The Kier molecular flexibility index (Phi) is 7.56. The molecule has 0 spiro atoms. The van der Waals surface area contributed by atoms with Gasteiger partial charge in [-0.05, 0) is 37.6 Å². The molecule has 122 valence electrons. The van der Waals surface area contributed by atoms with Gasteiger partial charge in [-0.25, -0.2) is 0 Å². The van der Waals surface area contributed by atoms with Crippen molar-refractivity contribution in [1.29, 1.82) is 0 Å². The molecule has 0 radical (unpaired) electrons. The van der Waals surface area contributed by atoms with E-state index in [0.717, 1.165) is 12.2 Å². The molecule has 6 nitrogen and oxygen atoms in total. The van der Waals surface area contributed by atoms with Gasteiger partial charge in [-0.1, -0.05) is 6.92 Å². The molecule has 6 heteroatoms. The minimum atomic E-state index is -1.14. The van der Waals surface area contributed by atoms with Crippen LogP contribution >= 0.6 is 0 Å². The average Bonchev–Trinajstić information content (AvgIpc) is 2.49. The lowest BCUT2D eigenvalue weighted by Gasteiger charge is -2.16. The van der Waals surface area contributed by atoms with E-state index >= 15 is 0 Å². The van der Waals surface area contributed by atoms with Gasteiger partial charge >= 0.3 is 5.97 Å². The average molecular weight is 309 g/mol. The zero-order valence-electron chi connectivity index (χ0n) is 12.9. The Morgan fingerprint density at radius 3 is 2.41 bits per heavy atom. The molecule has 22 heavy (non-hydrogen) atoms. The third-order valence-corrected chi connectivity index (χ3v) is 3.11. The molecule has 2 atom stereocenters. The third-order valence-electron chi connectivity index (χ3n) is 3.11. The summed E-state index contributed by atoms with van der Waals surface area (Å²) in [5.41, 5.74) is 0.551. The van der Waals surface area contributed by atoms with Gasteiger partial charge in [0.2, 0.25) is 0 Å². The number of carboxylic acid groups (broad SMARTS) is 1. The zero-order chi connectivity index (χ0) is 16.5. The van der Waals surface area contributed by atoms with Crippen LogP contribution in [0.2, 0.25) is 0 Å². The Labute approximate surface area is 130 Å². The Bertz CT molecular complexity index is 484. The van der Waals surface area contributed by atoms with Crippen LogP contribution in [-0.4, -0.2) is 47.3 Å². The van der Waals surface area contributed by atoms with Gasteiger partial charge < -0.3 is 20.3 Å². The number of aliphatic hydroxyl groups is 1. The maximum absolute atomic E-state index is 12.0. The number of nitrogens with one attached hydrogen (secondary N) is 1. The van der Waals surface area contributed by atoms with Crippen LogP contribution in [0.1, 0.15) is 37.0 Å². The summed E-state index contributed by atoms with van der Waals surface area (Å²) in [6.07, 6.45) is 0.0501. The monoisotopic (exact) mass is 309 g/mol. The normalized spacial score (nSPS) is 13.4. The SMILES string of the molecule is CCCOc1ccc(C(=O)CCN[C@@H](C(=O)O)[C@@H](C)O)cc1. The lowest BCUT2D eigenvalue weighted by atomic mass is 10.1. The van der Waals surface area contributed by atoms with E-state index in [9.17, 15) is 14.7 Å². The number of rotatable bonds is 10. The highest BCUT2D eigenvalue weighted by Crippen LogP contribution is 2.13. The van der Waals surface area contributed by atoms with E-state index < -0.39 is 18.1 Å². The number of ether oxygens (including phenoxy) is 1. The van der Waals surface area contributed by atoms with Crippen molar-refractivity contribution in [2.24, 2.45) is 0 Å². The van der Waals surface area contributed by atoms with E-state index in [1.807, 2.05) is 6.92 Å². The molecule has 0 saturated carbocycles. The van der Waals surface area contributed by atoms with Crippen molar-refractivity contribution in [1.82, 2.24) is 5.32 Å². The maximum atomic E-state index is 12.0. The molecule has 3 N–H and O–H groups in total. The Hall–Kier alpha value is -1.92. The summed E-state index contributed by atoms with van der Waals surface area (Å²) in [6.45, 7) is 4.23. The summed E-state index contributed by atoms with van der Waals surface area (Å²) in [6, 6.07) is 5.80. The number of carboxylic acids is 1. The second kappa shape index (κ2) is 9.17. The van der Waals surface area contributed by atoms with Gasteiger partial charge in [0.1, 0.15) is 11.8 Å². The Morgan fingerprint density at radius 2 is 1.91 bits per heavy atom. The minimum Gasteiger partial charge on any atom is -0.494 e. The van der Waals surface area contributed by atoms with Gasteiger partial charge in [-0.3, -0.25) is 9.59 Å². The predicted molar refractivity (Wildman–Crippen MR) is 82.3 cm³/mol. The summed E-state index contributed by atoms with van der Waals surface area (Å²) in [4.78, 5) is 22.9. The molecule has 0 fully saturated rings. The van der Waals surface area contributed by atoms with Crippen LogP contribution in [0.5, 0.6) is 5.75 Å². The summed E-state index contributed by atoms with van der Waals surface area (Å²) < 4.78 is 5.44. The number of carbonyl (C=O) groups excluding carboxylic acids is 1. The predicted octanol–water partition coefficient (Wildman–Crippen LogP) is 1.47. The molecule has 0 aliphatic carbocycles. The second-order valence-corrected chi connectivity index (χ2v) is 5.06. The van der Waals surface area contributed by atoms with Gasteiger partial charge in [-0.2, -0.15) is 0 Å². The van der Waals surface area contributed by atoms with Crippen LogP contribution in [0.3, 0.4) is 0 Å². The first kappa shape index (κ1) is 18.1. The van der Waals surface area contributed by atoms with Crippen molar-refractivity contribution in [2.45, 2.75) is 38.8 Å². The molecule has 0 amide bonds. The zero-order valence-corrected chi connectivity index (χ0v) is 12.9. The molecule has 1 rings (SSSR count). The molecule has 0 aliphatic rings. The van der Waals surface area contributed by atoms with Crippen molar-refractivity contribution < 1.29 is 24.5 Å². The van der Waals surface area contributed by atoms with Gasteiger partial charge in [0.15, 0.2) is 5.78 Å². The van der Waals surface area contributed by atoms with E-state index in [-0.39, 0.29) is 18.7 Å². The molecule has 0 unspecified atom stereocenters. The smallest absolute Gasteiger partial charge is 0.323 e. The summed E-state index contributed by atoms with van der Waals surface area (Å²) in [5.74, 6) is -0.513. The number of aliphatic carboxylic acids is 1. The molecule has 0 aromatic heterocycles. The first-order chi connectivity index (χ1) is 10.5. The maximum Gasteiger partial charge on any atom is 0.323 e. The van der Waals surface area contributed by atoms with Gasteiger partial charge in [-0.15, -0.1) is 0 Å². The Balaban J connectivity index is 2.46. The standard InChI is InChI=1S/C16H23NO5/c1-3-10-22-13-6-4-12(5-7-13)14(19)8-9-17-15(11(2)18)16(20)21/h4-7,11,15,17-18H,3,8-10H2,1-2H3,(H,20,21)/t11-,15-/m1/s1. The number of carbonyl (C=O) groups is 2. The van der Waals surface area contributed by atoms with Gasteiger partial charge in [0.25, 0.3) is 0 Å². The molecular formula is C16H23NO5. The van der Waals surface area contributed by atoms with Crippen LogP contribution in [0.15, 0.2) is 24.3 Å². The summed E-state index contributed by atoms with van der Waals surface area (Å²) >= 11 is 0. The van der Waals surface area contributed by atoms with Crippen molar-refractivity contribution in [3.05, 3.63) is 29.8 Å². The van der Waals surface area contributed by atoms with E-state index in [4.69, 9.17) is 9.84 Å². The molecule has 1 aromatic carbocycles. The van der Waals surface area contributed by atoms with Crippen LogP contribution < -0.4 is 10.1 Å². The van der Waals surface area contributed by atoms with Crippen molar-refractivity contribution in [3.8, 4) is 5.75 Å². The number of aliphatic hydroxyl groups excluding tert-OH is 1. The molecule has 0 aliphatic heterocycles. The van der Waals surface area contributed by atoms with Crippen molar-refractivity contribution in [3.63, 3.8) is 0 Å². The van der Waals surface area contributed by atoms with Gasteiger partial charge in [0, 0.05) is 18.5 Å². The van der Waals surface area contributed by atoms with Crippen LogP contribution in [0, 0.1) is 0 Å². The highest BCUT2D eigenvalue weighted by Gasteiger charge is 2.22.